The maximum atomic E-state index is 11.2. The number of pyridine rings is 1. The van der Waals surface area contributed by atoms with Gasteiger partial charge in [0, 0.05) is 6.20 Å². The van der Waals surface area contributed by atoms with Crippen LogP contribution in [-0.4, -0.2) is 40.2 Å². The second-order valence-corrected chi connectivity index (χ2v) is 3.38. The number of hydrogen-bond donors (Lipinski definition) is 1. The molecule has 2 heterocycles. The van der Waals surface area contributed by atoms with Crippen molar-refractivity contribution in [1.82, 2.24) is 9.88 Å². The molecule has 1 saturated heterocycles. The number of carbonyl (C=O) groups is 2. The minimum atomic E-state index is -1.01. The summed E-state index contributed by atoms with van der Waals surface area (Å²) in [4.78, 5) is 27.4. The van der Waals surface area contributed by atoms with Crippen molar-refractivity contribution in [3.8, 4) is 0 Å². The Bertz CT molecular complexity index is 433. The number of carbonyl (C=O) groups excluding carboxylic acids is 1. The van der Waals surface area contributed by atoms with E-state index in [4.69, 9.17) is 9.84 Å². The first kappa shape index (κ1) is 10.4. The van der Waals surface area contributed by atoms with E-state index < -0.39 is 5.97 Å². The van der Waals surface area contributed by atoms with Crippen LogP contribution in [0.3, 0.4) is 0 Å². The van der Waals surface area contributed by atoms with E-state index in [1.807, 2.05) is 0 Å². The highest BCUT2D eigenvalue weighted by Crippen LogP contribution is 2.10. The van der Waals surface area contributed by atoms with Crippen LogP contribution in [0, 0.1) is 0 Å². The van der Waals surface area contributed by atoms with Gasteiger partial charge in [-0.3, -0.25) is 9.88 Å². The SMILES string of the molecule is O=C(O)c1ccnc(CN2CCOC2=O)c1. The molecule has 2 rings (SSSR count). The zero-order chi connectivity index (χ0) is 11.5. The number of hydrogen-bond acceptors (Lipinski definition) is 4. The number of rotatable bonds is 3. The Kier molecular flexibility index (Phi) is 2.72. The molecule has 0 aliphatic carbocycles. The highest BCUT2D eigenvalue weighted by molar-refractivity contribution is 5.87. The molecule has 1 N–H and O–H groups in total. The van der Waals surface area contributed by atoms with Gasteiger partial charge in [0.2, 0.25) is 0 Å². The molecule has 6 nitrogen and oxygen atoms in total. The quantitative estimate of drug-likeness (QED) is 0.815. The minimum Gasteiger partial charge on any atom is -0.478 e. The van der Waals surface area contributed by atoms with Crippen molar-refractivity contribution in [3.05, 3.63) is 29.6 Å². The Morgan fingerprint density at radius 3 is 3.06 bits per heavy atom. The molecule has 0 bridgehead atoms. The molecule has 16 heavy (non-hydrogen) atoms. The summed E-state index contributed by atoms with van der Waals surface area (Å²) in [5.74, 6) is -1.01. The number of carboxylic acids is 1. The summed E-state index contributed by atoms with van der Waals surface area (Å²) in [5.41, 5.74) is 0.705. The lowest BCUT2D eigenvalue weighted by molar-refractivity contribution is 0.0696. The number of carboxylic acid groups (broad SMARTS) is 1. The average molecular weight is 222 g/mol. The molecule has 1 fully saturated rings. The van der Waals surface area contributed by atoms with Crippen molar-refractivity contribution in [2.45, 2.75) is 6.54 Å². The van der Waals surface area contributed by atoms with Crippen LogP contribution in [-0.2, 0) is 11.3 Å². The molecule has 6 heteroatoms. The van der Waals surface area contributed by atoms with Crippen molar-refractivity contribution in [2.75, 3.05) is 13.2 Å². The molecular weight excluding hydrogens is 212 g/mol. The first-order valence-electron chi connectivity index (χ1n) is 4.77. The molecule has 1 aromatic rings. The molecule has 1 aromatic heterocycles. The Morgan fingerprint density at radius 1 is 1.62 bits per heavy atom. The summed E-state index contributed by atoms with van der Waals surface area (Å²) in [7, 11) is 0. The minimum absolute atomic E-state index is 0.164. The van der Waals surface area contributed by atoms with Crippen molar-refractivity contribution in [3.63, 3.8) is 0 Å². The predicted molar refractivity (Wildman–Crippen MR) is 53.0 cm³/mol. The second kappa shape index (κ2) is 4.18. The number of cyclic esters (lactones) is 1. The normalized spacial score (nSPS) is 15.0. The van der Waals surface area contributed by atoms with Crippen molar-refractivity contribution in [1.29, 1.82) is 0 Å². The second-order valence-electron chi connectivity index (χ2n) is 3.38. The van der Waals surface area contributed by atoms with Gasteiger partial charge in [-0.05, 0) is 12.1 Å². The molecule has 0 aromatic carbocycles. The van der Waals surface area contributed by atoms with Gasteiger partial charge in [-0.2, -0.15) is 0 Å². The van der Waals surface area contributed by atoms with E-state index in [0.29, 0.717) is 18.8 Å². The summed E-state index contributed by atoms with van der Waals surface area (Å²) in [6.45, 7) is 1.16. The van der Waals surface area contributed by atoms with Gasteiger partial charge in [-0.1, -0.05) is 0 Å². The van der Waals surface area contributed by atoms with Crippen LogP contribution in [0.2, 0.25) is 0 Å². The van der Waals surface area contributed by atoms with Gasteiger partial charge >= 0.3 is 12.1 Å². The topological polar surface area (TPSA) is 79.7 Å². The van der Waals surface area contributed by atoms with E-state index in [2.05, 4.69) is 4.98 Å². The van der Waals surface area contributed by atoms with Gasteiger partial charge in [-0.25, -0.2) is 9.59 Å². The molecule has 1 aliphatic rings. The summed E-state index contributed by atoms with van der Waals surface area (Å²) < 4.78 is 4.76. The first-order valence-corrected chi connectivity index (χ1v) is 4.77. The van der Waals surface area contributed by atoms with Crippen LogP contribution in [0.5, 0.6) is 0 Å². The van der Waals surface area contributed by atoms with Crippen LogP contribution >= 0.6 is 0 Å². The number of aromatic nitrogens is 1. The first-order chi connectivity index (χ1) is 7.66. The summed E-state index contributed by atoms with van der Waals surface area (Å²) in [6, 6.07) is 2.86. The largest absolute Gasteiger partial charge is 0.478 e. The number of ether oxygens (including phenoxy) is 1. The lowest BCUT2D eigenvalue weighted by Gasteiger charge is -2.11. The van der Waals surface area contributed by atoms with E-state index in [0.717, 1.165) is 0 Å². The van der Waals surface area contributed by atoms with Gasteiger partial charge < -0.3 is 9.84 Å². The van der Waals surface area contributed by atoms with Crippen LogP contribution in [0.1, 0.15) is 16.1 Å². The molecule has 0 radical (unpaired) electrons. The van der Waals surface area contributed by atoms with E-state index in [1.54, 1.807) is 0 Å². The summed E-state index contributed by atoms with van der Waals surface area (Å²) in [6.07, 6.45) is 1.03. The van der Waals surface area contributed by atoms with Crippen LogP contribution < -0.4 is 0 Å². The van der Waals surface area contributed by atoms with Gasteiger partial charge in [0.15, 0.2) is 0 Å². The Hall–Kier alpha value is -2.11. The standard InChI is InChI=1S/C10H10N2O4/c13-9(14)7-1-2-11-8(5-7)6-12-3-4-16-10(12)15/h1-2,5H,3-4,6H2,(H,13,14). The van der Waals surface area contributed by atoms with E-state index in [9.17, 15) is 9.59 Å². The Labute approximate surface area is 91.5 Å². The van der Waals surface area contributed by atoms with Gasteiger partial charge in [0.25, 0.3) is 0 Å². The molecular formula is C10H10N2O4. The fraction of sp³-hybridized carbons (Fsp3) is 0.300. The van der Waals surface area contributed by atoms with E-state index in [-0.39, 0.29) is 18.2 Å². The zero-order valence-corrected chi connectivity index (χ0v) is 8.42. The third-order valence-corrected chi connectivity index (χ3v) is 2.26. The van der Waals surface area contributed by atoms with Gasteiger partial charge in [0.05, 0.1) is 24.3 Å². The Balaban J connectivity index is 2.12. The van der Waals surface area contributed by atoms with Crippen molar-refractivity contribution < 1.29 is 19.4 Å². The Morgan fingerprint density at radius 2 is 2.44 bits per heavy atom. The predicted octanol–water partition coefficient (Wildman–Crippen LogP) is 0.732. The summed E-state index contributed by atoms with van der Waals surface area (Å²) in [5, 5.41) is 8.79. The van der Waals surface area contributed by atoms with Crippen LogP contribution in [0.4, 0.5) is 4.79 Å². The number of nitrogens with zero attached hydrogens (tertiary/aromatic N) is 2. The lowest BCUT2D eigenvalue weighted by Crippen LogP contribution is -2.24. The van der Waals surface area contributed by atoms with Crippen LogP contribution in [0.25, 0.3) is 0 Å². The third kappa shape index (κ3) is 2.10. The van der Waals surface area contributed by atoms with E-state index in [1.165, 1.54) is 23.2 Å². The fourth-order valence-electron chi connectivity index (χ4n) is 1.46. The maximum Gasteiger partial charge on any atom is 0.410 e. The van der Waals surface area contributed by atoms with Gasteiger partial charge in [-0.15, -0.1) is 0 Å². The summed E-state index contributed by atoms with van der Waals surface area (Å²) >= 11 is 0. The molecule has 1 amide bonds. The maximum absolute atomic E-state index is 11.2. The lowest BCUT2D eigenvalue weighted by atomic mass is 10.2. The molecule has 0 saturated carbocycles. The molecule has 0 atom stereocenters. The fourth-order valence-corrected chi connectivity index (χ4v) is 1.46. The van der Waals surface area contributed by atoms with Crippen molar-refractivity contribution >= 4 is 12.1 Å². The highest BCUT2D eigenvalue weighted by atomic mass is 16.6. The molecule has 0 spiro atoms. The average Bonchev–Trinajstić information content (AvgIpc) is 2.65. The molecule has 84 valence electrons. The van der Waals surface area contributed by atoms with Gasteiger partial charge in [0.1, 0.15) is 6.61 Å². The van der Waals surface area contributed by atoms with Crippen molar-refractivity contribution in [2.24, 2.45) is 0 Å². The zero-order valence-electron chi connectivity index (χ0n) is 8.42. The third-order valence-electron chi connectivity index (χ3n) is 2.26. The number of amides is 1. The molecule has 0 unspecified atom stereocenters. The van der Waals surface area contributed by atoms with E-state index >= 15 is 0 Å². The van der Waals surface area contributed by atoms with Crippen LogP contribution in [0.15, 0.2) is 18.3 Å². The smallest absolute Gasteiger partial charge is 0.410 e. The number of aromatic carboxylic acids is 1. The molecule has 1 aliphatic heterocycles. The monoisotopic (exact) mass is 222 g/mol. The highest BCUT2D eigenvalue weighted by Gasteiger charge is 2.22.